The van der Waals surface area contributed by atoms with Crippen LogP contribution in [0.15, 0.2) is 52.9 Å². The molecule has 0 unspecified atom stereocenters. The Labute approximate surface area is 181 Å². The molecule has 0 N–H and O–H groups in total. The molecule has 5 nitrogen and oxygen atoms in total. The first kappa shape index (κ1) is 22.0. The minimum Gasteiger partial charge on any atom is -0.493 e. The predicted molar refractivity (Wildman–Crippen MR) is 120 cm³/mol. The topological polar surface area (TPSA) is 61.6 Å². The van der Waals surface area contributed by atoms with E-state index in [1.807, 2.05) is 43.3 Å². The van der Waals surface area contributed by atoms with Crippen molar-refractivity contribution < 1.29 is 18.7 Å². The highest BCUT2D eigenvalue weighted by molar-refractivity contribution is 7.99. The molecule has 0 aliphatic carbocycles. The molecule has 0 aliphatic heterocycles. The number of aromatic nitrogens is 1. The van der Waals surface area contributed by atoms with Crippen molar-refractivity contribution in [2.75, 3.05) is 20.0 Å². The number of Topliss-reactive ketones (excluding diaryl/α,β-unsaturated/α-hetero) is 1. The number of ketones is 1. The normalized spacial score (nSPS) is 10.8. The van der Waals surface area contributed by atoms with Crippen LogP contribution in [0.2, 0.25) is 0 Å². The Hall–Kier alpha value is -2.73. The second-order valence-electron chi connectivity index (χ2n) is 6.96. The number of hydrogen-bond donors (Lipinski definition) is 0. The van der Waals surface area contributed by atoms with Crippen LogP contribution in [0.25, 0.3) is 11.5 Å². The minimum absolute atomic E-state index is 0.275. The number of hydrogen-bond acceptors (Lipinski definition) is 6. The summed E-state index contributed by atoms with van der Waals surface area (Å²) in [6, 6.07) is 15.8. The SMILES string of the molecule is COc1ccc(-c2nc(CSCC(=O)CCCc3ccccc3)c(C)o2)cc1OC. The molecule has 0 radical (unpaired) electrons. The number of carbonyl (C=O) groups is 1. The first-order chi connectivity index (χ1) is 14.6. The molecule has 6 heteroatoms. The van der Waals surface area contributed by atoms with E-state index in [1.54, 1.807) is 26.0 Å². The van der Waals surface area contributed by atoms with Gasteiger partial charge in [-0.3, -0.25) is 4.79 Å². The van der Waals surface area contributed by atoms with Gasteiger partial charge in [-0.15, -0.1) is 11.8 Å². The van der Waals surface area contributed by atoms with E-state index < -0.39 is 0 Å². The standard InChI is InChI=1S/C24H27NO4S/c1-17-21(16-30-15-20(26)11-7-10-18-8-5-4-6-9-18)25-24(29-17)19-12-13-22(27-2)23(14-19)28-3/h4-6,8-9,12-14H,7,10-11,15-16H2,1-3H3. The van der Waals surface area contributed by atoms with Crippen LogP contribution in [0.1, 0.15) is 29.9 Å². The highest BCUT2D eigenvalue weighted by Gasteiger charge is 2.14. The number of aryl methyl sites for hydroxylation is 2. The maximum absolute atomic E-state index is 12.2. The van der Waals surface area contributed by atoms with Crippen LogP contribution in [0.5, 0.6) is 11.5 Å². The summed E-state index contributed by atoms with van der Waals surface area (Å²) in [5.74, 6) is 4.01. The van der Waals surface area contributed by atoms with Gasteiger partial charge in [0, 0.05) is 17.7 Å². The monoisotopic (exact) mass is 425 g/mol. The average molecular weight is 426 g/mol. The molecular formula is C24H27NO4S. The van der Waals surface area contributed by atoms with Crippen molar-refractivity contribution in [2.45, 2.75) is 31.9 Å². The molecule has 0 saturated heterocycles. The molecule has 1 aromatic heterocycles. The zero-order valence-electron chi connectivity index (χ0n) is 17.6. The summed E-state index contributed by atoms with van der Waals surface area (Å²) in [4.78, 5) is 16.8. The van der Waals surface area contributed by atoms with Crippen LogP contribution >= 0.6 is 11.8 Å². The Balaban J connectivity index is 1.49. The van der Waals surface area contributed by atoms with Gasteiger partial charge in [-0.05, 0) is 43.5 Å². The van der Waals surface area contributed by atoms with Crippen LogP contribution in [0.4, 0.5) is 0 Å². The zero-order chi connectivity index (χ0) is 21.3. The van der Waals surface area contributed by atoms with E-state index >= 15 is 0 Å². The second kappa shape index (κ2) is 10.9. The molecule has 0 atom stereocenters. The lowest BCUT2D eigenvalue weighted by Gasteiger charge is -2.07. The molecule has 0 saturated carbocycles. The first-order valence-electron chi connectivity index (χ1n) is 9.92. The highest BCUT2D eigenvalue weighted by atomic mass is 32.2. The Bertz CT molecular complexity index is 969. The molecule has 0 fully saturated rings. The summed E-state index contributed by atoms with van der Waals surface area (Å²) >= 11 is 1.58. The lowest BCUT2D eigenvalue weighted by molar-refractivity contribution is -0.116. The van der Waals surface area contributed by atoms with Crippen molar-refractivity contribution in [3.8, 4) is 23.0 Å². The van der Waals surface area contributed by atoms with Crippen LogP contribution in [-0.2, 0) is 17.0 Å². The smallest absolute Gasteiger partial charge is 0.226 e. The maximum Gasteiger partial charge on any atom is 0.226 e. The molecule has 30 heavy (non-hydrogen) atoms. The molecule has 0 bridgehead atoms. The fraction of sp³-hybridized carbons (Fsp3) is 0.333. The molecule has 158 valence electrons. The number of ether oxygens (including phenoxy) is 2. The molecule has 0 spiro atoms. The lowest BCUT2D eigenvalue weighted by Crippen LogP contribution is -2.02. The third kappa shape index (κ3) is 5.89. The van der Waals surface area contributed by atoms with Crippen LogP contribution in [0.3, 0.4) is 0 Å². The number of oxazole rings is 1. The Kier molecular flexibility index (Phi) is 7.97. The number of rotatable bonds is 11. The van der Waals surface area contributed by atoms with Gasteiger partial charge >= 0.3 is 0 Å². The number of thioether (sulfide) groups is 1. The summed E-state index contributed by atoms with van der Waals surface area (Å²) in [7, 11) is 3.20. The largest absolute Gasteiger partial charge is 0.493 e. The van der Waals surface area contributed by atoms with E-state index in [4.69, 9.17) is 13.9 Å². The molecule has 3 aromatic rings. The number of nitrogens with zero attached hydrogens (tertiary/aromatic N) is 1. The van der Waals surface area contributed by atoms with Gasteiger partial charge in [-0.25, -0.2) is 4.98 Å². The number of methoxy groups -OCH3 is 2. The van der Waals surface area contributed by atoms with Gasteiger partial charge < -0.3 is 13.9 Å². The van der Waals surface area contributed by atoms with Crippen molar-refractivity contribution in [1.29, 1.82) is 0 Å². The number of carbonyl (C=O) groups excluding carboxylic acids is 1. The van der Waals surface area contributed by atoms with Crippen LogP contribution in [-0.4, -0.2) is 30.7 Å². The number of benzene rings is 2. The van der Waals surface area contributed by atoms with E-state index in [9.17, 15) is 4.79 Å². The summed E-state index contributed by atoms with van der Waals surface area (Å²) in [6.45, 7) is 1.90. The summed E-state index contributed by atoms with van der Waals surface area (Å²) < 4.78 is 16.5. The summed E-state index contributed by atoms with van der Waals surface area (Å²) in [6.07, 6.45) is 2.43. The van der Waals surface area contributed by atoms with Gasteiger partial charge in [0.15, 0.2) is 11.5 Å². The molecular weight excluding hydrogens is 398 g/mol. The van der Waals surface area contributed by atoms with Crippen LogP contribution in [0, 0.1) is 6.92 Å². The fourth-order valence-corrected chi connectivity index (χ4v) is 4.06. The fourth-order valence-electron chi connectivity index (χ4n) is 3.12. The van der Waals surface area contributed by atoms with Gasteiger partial charge in [-0.1, -0.05) is 30.3 Å². The van der Waals surface area contributed by atoms with Gasteiger partial charge in [0.25, 0.3) is 0 Å². The van der Waals surface area contributed by atoms with Crippen molar-refractivity contribution >= 4 is 17.5 Å². The van der Waals surface area contributed by atoms with Gasteiger partial charge in [0.2, 0.25) is 5.89 Å². The van der Waals surface area contributed by atoms with E-state index in [1.165, 1.54) is 5.56 Å². The van der Waals surface area contributed by atoms with E-state index in [0.717, 1.165) is 29.9 Å². The third-order valence-corrected chi connectivity index (χ3v) is 5.79. The van der Waals surface area contributed by atoms with E-state index in [0.29, 0.717) is 35.3 Å². The molecule has 0 aliphatic rings. The molecule has 0 amide bonds. The Morgan fingerprint density at radius 1 is 1.07 bits per heavy atom. The third-order valence-electron chi connectivity index (χ3n) is 4.79. The molecule has 1 heterocycles. The van der Waals surface area contributed by atoms with E-state index in [-0.39, 0.29) is 5.78 Å². The predicted octanol–water partition coefficient (Wildman–Crippen LogP) is 5.49. The minimum atomic E-state index is 0.275. The average Bonchev–Trinajstić information content (AvgIpc) is 3.14. The lowest BCUT2D eigenvalue weighted by atomic mass is 10.1. The van der Waals surface area contributed by atoms with Crippen molar-refractivity contribution in [2.24, 2.45) is 0 Å². The second-order valence-corrected chi connectivity index (χ2v) is 7.95. The van der Waals surface area contributed by atoms with Gasteiger partial charge in [0.1, 0.15) is 11.5 Å². The van der Waals surface area contributed by atoms with E-state index in [2.05, 4.69) is 17.1 Å². The van der Waals surface area contributed by atoms with Gasteiger partial charge in [-0.2, -0.15) is 0 Å². The van der Waals surface area contributed by atoms with Crippen molar-refractivity contribution in [1.82, 2.24) is 4.98 Å². The Morgan fingerprint density at radius 3 is 2.57 bits per heavy atom. The zero-order valence-corrected chi connectivity index (χ0v) is 18.5. The summed E-state index contributed by atoms with van der Waals surface area (Å²) in [5.41, 5.74) is 2.96. The van der Waals surface area contributed by atoms with Crippen molar-refractivity contribution in [3.05, 3.63) is 65.5 Å². The first-order valence-corrected chi connectivity index (χ1v) is 11.1. The highest BCUT2D eigenvalue weighted by Crippen LogP contribution is 2.33. The van der Waals surface area contributed by atoms with Crippen LogP contribution < -0.4 is 9.47 Å². The van der Waals surface area contributed by atoms with Gasteiger partial charge in [0.05, 0.1) is 25.7 Å². The molecule has 2 aromatic carbocycles. The molecule has 3 rings (SSSR count). The maximum atomic E-state index is 12.2. The Morgan fingerprint density at radius 2 is 1.83 bits per heavy atom. The van der Waals surface area contributed by atoms with Crippen molar-refractivity contribution in [3.63, 3.8) is 0 Å². The quantitative estimate of drug-likeness (QED) is 0.405. The summed E-state index contributed by atoms with van der Waals surface area (Å²) in [5, 5.41) is 0.